The van der Waals surface area contributed by atoms with Gasteiger partial charge in [0, 0.05) is 68.5 Å². The van der Waals surface area contributed by atoms with Crippen molar-refractivity contribution in [2.24, 2.45) is 0 Å². The van der Waals surface area contributed by atoms with Crippen LogP contribution in [0.2, 0.25) is 0 Å². The lowest BCUT2D eigenvalue weighted by Crippen LogP contribution is -2.54. The van der Waals surface area contributed by atoms with Crippen molar-refractivity contribution in [2.45, 2.75) is 18.8 Å². The van der Waals surface area contributed by atoms with Crippen molar-refractivity contribution in [1.29, 1.82) is 0 Å². The highest BCUT2D eigenvalue weighted by Crippen LogP contribution is 2.34. The van der Waals surface area contributed by atoms with Gasteiger partial charge in [-0.15, -0.1) is 11.3 Å². The molecule has 3 aliphatic rings. The molecule has 1 N–H and O–H groups in total. The van der Waals surface area contributed by atoms with Gasteiger partial charge < -0.3 is 29.5 Å². The minimum Gasteiger partial charge on any atom is -0.486 e. The molecule has 0 radical (unpaired) electrons. The minimum absolute atomic E-state index is 0.114. The molecule has 10 nitrogen and oxygen atoms in total. The van der Waals surface area contributed by atoms with Gasteiger partial charge in [0.25, 0.3) is 5.91 Å². The van der Waals surface area contributed by atoms with E-state index in [0.717, 1.165) is 36.8 Å². The first kappa shape index (κ1) is 24.5. The second kappa shape index (κ2) is 10.9. The summed E-state index contributed by atoms with van der Waals surface area (Å²) in [6, 6.07) is 11.4. The molecule has 6 rings (SSSR count). The second-order valence-corrected chi connectivity index (χ2v) is 10.5. The zero-order valence-electron chi connectivity index (χ0n) is 21.0. The van der Waals surface area contributed by atoms with Crippen LogP contribution < -0.4 is 19.7 Å². The van der Waals surface area contributed by atoms with Gasteiger partial charge in [0.1, 0.15) is 24.7 Å². The van der Waals surface area contributed by atoms with E-state index < -0.39 is 0 Å². The van der Waals surface area contributed by atoms with E-state index in [2.05, 4.69) is 20.2 Å². The standard InChI is InChI=1S/C27H30N6O4S/c34-25(29-20-4-5-22-23(17-20)37-16-15-36-22)21-18-38-26(30-21)19-6-9-32(10-7-19)27(35)33-13-11-31(12-14-33)24-3-1-2-8-28-24/h1-5,8,17-19H,6-7,9-16H2,(H,29,34). The molecule has 2 aromatic heterocycles. The first-order valence-corrected chi connectivity index (χ1v) is 13.9. The number of likely N-dealkylation sites (tertiary alicyclic amines) is 1. The Bertz CT molecular complexity index is 1290. The summed E-state index contributed by atoms with van der Waals surface area (Å²) in [5, 5.41) is 5.66. The van der Waals surface area contributed by atoms with Crippen LogP contribution in [0.25, 0.3) is 0 Å². The van der Waals surface area contributed by atoms with E-state index in [1.165, 1.54) is 11.3 Å². The van der Waals surface area contributed by atoms with Crippen LogP contribution in [0, 0.1) is 0 Å². The van der Waals surface area contributed by atoms with Crippen molar-refractivity contribution in [1.82, 2.24) is 19.8 Å². The highest BCUT2D eigenvalue weighted by molar-refractivity contribution is 7.10. The predicted molar refractivity (Wildman–Crippen MR) is 144 cm³/mol. The van der Waals surface area contributed by atoms with E-state index in [9.17, 15) is 9.59 Å². The third-order valence-corrected chi connectivity index (χ3v) is 8.20. The Balaban J connectivity index is 0.993. The number of carbonyl (C=O) groups is 2. The van der Waals surface area contributed by atoms with E-state index in [1.807, 2.05) is 28.0 Å². The molecule has 3 aliphatic heterocycles. The van der Waals surface area contributed by atoms with Crippen molar-refractivity contribution < 1.29 is 19.1 Å². The SMILES string of the molecule is O=C(Nc1ccc2c(c1)OCCO2)c1csc(C2CCN(C(=O)N3CCN(c4ccccn4)CC3)CC2)n1. The Morgan fingerprint density at radius 1 is 0.921 bits per heavy atom. The normalized spacial score (nSPS) is 17.8. The number of nitrogens with zero attached hydrogens (tertiary/aromatic N) is 5. The van der Waals surface area contributed by atoms with Crippen LogP contribution in [0.1, 0.15) is 34.3 Å². The molecule has 0 atom stereocenters. The minimum atomic E-state index is -0.248. The molecule has 11 heteroatoms. The van der Waals surface area contributed by atoms with Gasteiger partial charge in [-0.05, 0) is 37.1 Å². The average molecular weight is 535 g/mol. The van der Waals surface area contributed by atoms with Crippen LogP contribution in [0.5, 0.6) is 11.5 Å². The summed E-state index contributed by atoms with van der Waals surface area (Å²) in [6.07, 6.45) is 3.49. The first-order valence-electron chi connectivity index (χ1n) is 13.0. The number of hydrogen-bond acceptors (Lipinski definition) is 8. The summed E-state index contributed by atoms with van der Waals surface area (Å²) in [6.45, 7) is 5.38. The number of piperidine rings is 1. The smallest absolute Gasteiger partial charge is 0.320 e. The van der Waals surface area contributed by atoms with Gasteiger partial charge in [-0.1, -0.05) is 6.07 Å². The van der Waals surface area contributed by atoms with E-state index in [0.29, 0.717) is 62.3 Å². The van der Waals surface area contributed by atoms with Crippen LogP contribution >= 0.6 is 11.3 Å². The van der Waals surface area contributed by atoms with Crippen molar-refractivity contribution in [2.75, 3.05) is 62.7 Å². The van der Waals surface area contributed by atoms with Crippen LogP contribution in [-0.2, 0) is 0 Å². The van der Waals surface area contributed by atoms with Gasteiger partial charge in [-0.3, -0.25) is 4.79 Å². The molecular formula is C27H30N6O4S. The molecule has 5 heterocycles. The van der Waals surface area contributed by atoms with Crippen LogP contribution in [0.3, 0.4) is 0 Å². The van der Waals surface area contributed by atoms with Gasteiger partial charge in [-0.2, -0.15) is 0 Å². The molecule has 0 unspecified atom stereocenters. The molecule has 2 fully saturated rings. The number of aromatic nitrogens is 2. The van der Waals surface area contributed by atoms with Gasteiger partial charge in [0.05, 0.1) is 5.01 Å². The molecule has 2 saturated heterocycles. The highest BCUT2D eigenvalue weighted by atomic mass is 32.1. The summed E-state index contributed by atoms with van der Waals surface area (Å²) in [5.41, 5.74) is 1.05. The molecule has 0 saturated carbocycles. The zero-order chi connectivity index (χ0) is 25.9. The molecule has 0 aliphatic carbocycles. The van der Waals surface area contributed by atoms with Crippen LogP contribution in [0.4, 0.5) is 16.3 Å². The summed E-state index contributed by atoms with van der Waals surface area (Å²) in [7, 11) is 0. The number of amides is 3. The average Bonchev–Trinajstić information content (AvgIpc) is 3.48. The number of thiazole rings is 1. The maximum Gasteiger partial charge on any atom is 0.320 e. The number of fused-ring (bicyclic) bond motifs is 1. The van der Waals surface area contributed by atoms with E-state index in [1.54, 1.807) is 29.8 Å². The monoisotopic (exact) mass is 534 g/mol. The third-order valence-electron chi connectivity index (χ3n) is 7.19. The summed E-state index contributed by atoms with van der Waals surface area (Å²) in [5.74, 6) is 2.27. The fourth-order valence-corrected chi connectivity index (χ4v) is 6.05. The second-order valence-electron chi connectivity index (χ2n) is 9.59. The maximum atomic E-state index is 13.1. The lowest BCUT2D eigenvalue weighted by molar-refractivity contribution is 0.102. The topological polar surface area (TPSA) is 100 Å². The van der Waals surface area contributed by atoms with Gasteiger partial charge in [-0.25, -0.2) is 14.8 Å². The van der Waals surface area contributed by atoms with Crippen molar-refractivity contribution in [3.05, 3.63) is 58.7 Å². The lowest BCUT2D eigenvalue weighted by atomic mass is 9.98. The number of benzene rings is 1. The van der Waals surface area contributed by atoms with E-state index in [4.69, 9.17) is 9.47 Å². The summed E-state index contributed by atoms with van der Waals surface area (Å²) >= 11 is 1.51. The molecule has 3 aromatic rings. The molecule has 0 bridgehead atoms. The number of ether oxygens (including phenoxy) is 2. The fourth-order valence-electron chi connectivity index (χ4n) is 5.08. The van der Waals surface area contributed by atoms with Crippen molar-refractivity contribution >= 4 is 34.8 Å². The molecule has 0 spiro atoms. The van der Waals surface area contributed by atoms with Crippen LogP contribution in [-0.4, -0.2) is 84.2 Å². The van der Waals surface area contributed by atoms with E-state index >= 15 is 0 Å². The van der Waals surface area contributed by atoms with E-state index in [-0.39, 0.29) is 17.9 Å². The van der Waals surface area contributed by atoms with Gasteiger partial charge in [0.2, 0.25) is 0 Å². The molecular weight excluding hydrogens is 504 g/mol. The Morgan fingerprint density at radius 2 is 1.68 bits per heavy atom. The number of carbonyl (C=O) groups excluding carboxylic acids is 2. The number of pyridine rings is 1. The zero-order valence-corrected chi connectivity index (χ0v) is 21.9. The lowest BCUT2D eigenvalue weighted by Gasteiger charge is -2.39. The Kier molecular flexibility index (Phi) is 7.00. The highest BCUT2D eigenvalue weighted by Gasteiger charge is 2.30. The van der Waals surface area contributed by atoms with Gasteiger partial charge >= 0.3 is 6.03 Å². The number of hydrogen-bond donors (Lipinski definition) is 1. The molecule has 198 valence electrons. The molecule has 1 aromatic carbocycles. The fraction of sp³-hybridized carbons (Fsp3) is 0.407. The molecule has 38 heavy (non-hydrogen) atoms. The Labute approximate surface area is 225 Å². The third kappa shape index (κ3) is 5.24. The van der Waals surface area contributed by atoms with Gasteiger partial charge in [0.15, 0.2) is 11.5 Å². The van der Waals surface area contributed by atoms with Crippen molar-refractivity contribution in [3.63, 3.8) is 0 Å². The Morgan fingerprint density at radius 3 is 2.45 bits per heavy atom. The number of urea groups is 1. The largest absolute Gasteiger partial charge is 0.486 e. The Hall–Kier alpha value is -3.86. The quantitative estimate of drug-likeness (QED) is 0.545. The molecule has 3 amide bonds. The number of anilines is 2. The predicted octanol–water partition coefficient (Wildman–Crippen LogP) is 3.68. The first-order chi connectivity index (χ1) is 18.6. The summed E-state index contributed by atoms with van der Waals surface area (Å²) < 4.78 is 11.1. The van der Waals surface area contributed by atoms with Crippen LogP contribution in [0.15, 0.2) is 48.0 Å². The number of rotatable bonds is 4. The number of piperazine rings is 1. The number of nitrogens with one attached hydrogen (secondary N) is 1. The van der Waals surface area contributed by atoms with Crippen molar-refractivity contribution in [3.8, 4) is 11.5 Å². The summed E-state index contributed by atoms with van der Waals surface area (Å²) in [4.78, 5) is 41.1. The maximum absolute atomic E-state index is 13.1.